The van der Waals surface area contributed by atoms with Crippen LogP contribution in [0, 0.1) is 0 Å². The third-order valence-electron chi connectivity index (χ3n) is 4.00. The van der Waals surface area contributed by atoms with Crippen molar-refractivity contribution < 1.29 is 9.30 Å². The van der Waals surface area contributed by atoms with Crippen LogP contribution in [0.1, 0.15) is 31.9 Å². The fraction of sp³-hybridized carbons (Fsp3) is 0.200. The van der Waals surface area contributed by atoms with Crippen LogP contribution in [0.2, 0.25) is 0 Å². The van der Waals surface area contributed by atoms with Crippen molar-refractivity contribution in [2.24, 2.45) is 0 Å². The van der Waals surface area contributed by atoms with Crippen LogP contribution in [0.3, 0.4) is 0 Å². The molecule has 0 unspecified atom stereocenters. The SMILES string of the molecule is CC(C)(C)P1(=O)C=C(c2ccccc2)OC(c2ccccc2)=C1. The number of ether oxygens (including phenoxy) is 1. The molecule has 2 aromatic rings. The van der Waals surface area contributed by atoms with E-state index in [1.807, 2.05) is 93.1 Å². The molecule has 3 heteroatoms. The van der Waals surface area contributed by atoms with E-state index in [4.69, 9.17) is 4.74 Å². The molecule has 0 fully saturated rings. The minimum atomic E-state index is -2.69. The van der Waals surface area contributed by atoms with Crippen LogP contribution in [0.5, 0.6) is 0 Å². The molecule has 23 heavy (non-hydrogen) atoms. The molecule has 0 aliphatic carbocycles. The van der Waals surface area contributed by atoms with Crippen LogP contribution in [-0.4, -0.2) is 5.16 Å². The van der Waals surface area contributed by atoms with Gasteiger partial charge in [0.15, 0.2) is 0 Å². The molecule has 0 N–H and O–H groups in total. The number of hydrogen-bond acceptors (Lipinski definition) is 2. The van der Waals surface area contributed by atoms with Gasteiger partial charge >= 0.3 is 0 Å². The summed E-state index contributed by atoms with van der Waals surface area (Å²) < 4.78 is 19.7. The van der Waals surface area contributed by atoms with Crippen LogP contribution in [0.25, 0.3) is 11.5 Å². The summed E-state index contributed by atoms with van der Waals surface area (Å²) in [5.74, 6) is 4.97. The molecule has 2 aromatic carbocycles. The first-order valence-electron chi connectivity index (χ1n) is 7.73. The first kappa shape index (κ1) is 15.8. The fourth-order valence-corrected chi connectivity index (χ4v) is 4.37. The van der Waals surface area contributed by atoms with Gasteiger partial charge < -0.3 is 9.30 Å². The van der Waals surface area contributed by atoms with Crippen molar-refractivity contribution in [3.05, 3.63) is 83.4 Å². The zero-order valence-electron chi connectivity index (χ0n) is 13.7. The van der Waals surface area contributed by atoms with Gasteiger partial charge in [-0.05, 0) is 0 Å². The molecule has 0 aromatic heterocycles. The van der Waals surface area contributed by atoms with Gasteiger partial charge in [0.1, 0.15) is 18.7 Å². The summed E-state index contributed by atoms with van der Waals surface area (Å²) >= 11 is 0. The molecule has 0 bridgehead atoms. The Kier molecular flexibility index (Phi) is 4.04. The third-order valence-corrected chi connectivity index (χ3v) is 7.34. The minimum absolute atomic E-state index is 0.350. The van der Waals surface area contributed by atoms with E-state index in [9.17, 15) is 4.57 Å². The van der Waals surface area contributed by atoms with Gasteiger partial charge in [-0.3, -0.25) is 0 Å². The van der Waals surface area contributed by atoms with Crippen molar-refractivity contribution in [3.63, 3.8) is 0 Å². The standard InChI is InChI=1S/C20H21O2P/c1-20(2,3)23(21)14-18(16-10-6-4-7-11-16)22-19(15-23)17-12-8-5-9-13-17/h4-15H,1-3H3. The molecule has 2 nitrogen and oxygen atoms in total. The summed E-state index contributed by atoms with van der Waals surface area (Å²) in [6.07, 6.45) is 0. The van der Waals surface area contributed by atoms with Gasteiger partial charge in [-0.2, -0.15) is 0 Å². The predicted octanol–water partition coefficient (Wildman–Crippen LogP) is 6.18. The van der Waals surface area contributed by atoms with Gasteiger partial charge in [-0.25, -0.2) is 0 Å². The Balaban J connectivity index is 2.13. The second-order valence-corrected chi connectivity index (χ2v) is 9.98. The average Bonchev–Trinajstić information content (AvgIpc) is 2.55. The third kappa shape index (κ3) is 3.18. The summed E-state index contributed by atoms with van der Waals surface area (Å²) in [7, 11) is -2.69. The molecule has 3 rings (SSSR count). The smallest absolute Gasteiger partial charge is 0.141 e. The summed E-state index contributed by atoms with van der Waals surface area (Å²) in [5, 5.41) is -0.350. The van der Waals surface area contributed by atoms with Crippen LogP contribution in [0.4, 0.5) is 0 Å². The average molecular weight is 324 g/mol. The second kappa shape index (κ2) is 5.86. The Morgan fingerprint density at radius 2 is 1.13 bits per heavy atom. The highest BCUT2D eigenvalue weighted by Crippen LogP contribution is 2.65. The molecule has 0 saturated heterocycles. The van der Waals surface area contributed by atoms with E-state index in [0.29, 0.717) is 11.5 Å². The van der Waals surface area contributed by atoms with Gasteiger partial charge in [0.05, 0.1) is 0 Å². The van der Waals surface area contributed by atoms with Crippen LogP contribution >= 0.6 is 7.14 Å². The van der Waals surface area contributed by atoms with Gasteiger partial charge in [0.25, 0.3) is 0 Å². The van der Waals surface area contributed by atoms with E-state index in [0.717, 1.165) is 11.1 Å². The first-order chi connectivity index (χ1) is 10.9. The highest BCUT2D eigenvalue weighted by Gasteiger charge is 2.37. The maximum atomic E-state index is 13.6. The first-order valence-corrected chi connectivity index (χ1v) is 9.57. The van der Waals surface area contributed by atoms with Crippen LogP contribution in [0.15, 0.2) is 72.3 Å². The summed E-state index contributed by atoms with van der Waals surface area (Å²) in [5.41, 5.74) is 1.89. The monoisotopic (exact) mass is 324 g/mol. The number of benzene rings is 2. The molecule has 1 aliphatic rings. The molecule has 0 saturated carbocycles. The molecule has 0 amide bonds. The lowest BCUT2D eigenvalue weighted by molar-refractivity contribution is 0.467. The van der Waals surface area contributed by atoms with E-state index in [-0.39, 0.29) is 5.16 Å². The Hall–Kier alpha value is -2.05. The molecular weight excluding hydrogens is 303 g/mol. The zero-order chi connectivity index (χ0) is 16.5. The molecule has 0 radical (unpaired) electrons. The van der Waals surface area contributed by atoms with E-state index in [2.05, 4.69) is 0 Å². The van der Waals surface area contributed by atoms with Crippen LogP contribution < -0.4 is 0 Å². The Morgan fingerprint density at radius 1 is 0.739 bits per heavy atom. The quantitative estimate of drug-likeness (QED) is 0.617. The fourth-order valence-electron chi connectivity index (χ4n) is 2.42. The van der Waals surface area contributed by atoms with Crippen molar-refractivity contribution in [1.82, 2.24) is 0 Å². The highest BCUT2D eigenvalue weighted by molar-refractivity contribution is 7.72. The lowest BCUT2D eigenvalue weighted by Crippen LogP contribution is -2.15. The van der Waals surface area contributed by atoms with Crippen molar-refractivity contribution >= 4 is 18.7 Å². The summed E-state index contributed by atoms with van der Waals surface area (Å²) in [4.78, 5) is 0. The maximum Gasteiger partial charge on any atom is 0.141 e. The Morgan fingerprint density at radius 3 is 1.48 bits per heavy atom. The molecule has 118 valence electrons. The maximum absolute atomic E-state index is 13.6. The Labute approximate surface area is 137 Å². The van der Waals surface area contributed by atoms with E-state index >= 15 is 0 Å². The minimum Gasteiger partial charge on any atom is -0.456 e. The topological polar surface area (TPSA) is 26.3 Å². The van der Waals surface area contributed by atoms with Crippen molar-refractivity contribution in [1.29, 1.82) is 0 Å². The van der Waals surface area contributed by atoms with Gasteiger partial charge in [-0.1, -0.05) is 81.4 Å². The second-order valence-electron chi connectivity index (χ2n) is 6.70. The molecule has 0 spiro atoms. The summed E-state index contributed by atoms with van der Waals surface area (Å²) in [6, 6.07) is 19.7. The van der Waals surface area contributed by atoms with Crippen molar-refractivity contribution in [2.75, 3.05) is 0 Å². The van der Waals surface area contributed by atoms with E-state index in [1.54, 1.807) is 0 Å². The lowest BCUT2D eigenvalue weighted by Gasteiger charge is -2.31. The van der Waals surface area contributed by atoms with Gasteiger partial charge in [0, 0.05) is 27.9 Å². The summed E-state index contributed by atoms with van der Waals surface area (Å²) in [6.45, 7) is 6.03. The van der Waals surface area contributed by atoms with E-state index < -0.39 is 7.14 Å². The van der Waals surface area contributed by atoms with Crippen molar-refractivity contribution in [2.45, 2.75) is 25.9 Å². The highest BCUT2D eigenvalue weighted by atomic mass is 31.2. The molecule has 0 atom stereocenters. The van der Waals surface area contributed by atoms with Gasteiger partial charge in [-0.15, -0.1) is 0 Å². The lowest BCUT2D eigenvalue weighted by atomic mass is 10.2. The van der Waals surface area contributed by atoms with Gasteiger partial charge in [0.2, 0.25) is 0 Å². The number of rotatable bonds is 2. The zero-order valence-corrected chi connectivity index (χ0v) is 14.6. The largest absolute Gasteiger partial charge is 0.456 e. The van der Waals surface area contributed by atoms with Crippen molar-refractivity contribution in [3.8, 4) is 0 Å². The molecular formula is C20H21O2P. The number of hydrogen-bond donors (Lipinski definition) is 0. The van der Waals surface area contributed by atoms with E-state index in [1.165, 1.54) is 0 Å². The molecule has 1 heterocycles. The molecule has 1 aliphatic heterocycles. The Bertz CT molecular complexity index is 737. The normalized spacial score (nSPS) is 17.0. The van der Waals surface area contributed by atoms with Crippen LogP contribution in [-0.2, 0) is 9.30 Å². The predicted molar refractivity (Wildman–Crippen MR) is 97.3 cm³/mol.